The van der Waals surface area contributed by atoms with Gasteiger partial charge in [-0.1, -0.05) is 60.2 Å². The molecule has 1 unspecified atom stereocenters. The lowest BCUT2D eigenvalue weighted by Gasteiger charge is -2.18. The van der Waals surface area contributed by atoms with Crippen LogP contribution in [0, 0.1) is 13.8 Å². The summed E-state index contributed by atoms with van der Waals surface area (Å²) in [6.07, 6.45) is -1.17. The molecule has 30 heavy (non-hydrogen) atoms. The highest BCUT2D eigenvalue weighted by Crippen LogP contribution is 2.35. The molecule has 1 atom stereocenters. The summed E-state index contributed by atoms with van der Waals surface area (Å²) in [5.41, 5.74) is 3.76. The average molecular weight is 400 g/mol. The van der Waals surface area contributed by atoms with E-state index < -0.39 is 17.7 Å². The van der Waals surface area contributed by atoms with Crippen molar-refractivity contribution in [3.8, 4) is 16.9 Å². The van der Waals surface area contributed by atoms with E-state index in [0.717, 1.165) is 22.1 Å². The fourth-order valence-electron chi connectivity index (χ4n) is 3.54. The second-order valence-electron chi connectivity index (χ2n) is 7.16. The summed E-state index contributed by atoms with van der Waals surface area (Å²) in [4.78, 5) is 24.1. The van der Waals surface area contributed by atoms with Crippen molar-refractivity contribution in [1.29, 1.82) is 0 Å². The number of carboxylic acids is 1. The van der Waals surface area contributed by atoms with Crippen molar-refractivity contribution in [3.63, 3.8) is 0 Å². The van der Waals surface area contributed by atoms with Crippen LogP contribution in [0.2, 0.25) is 0 Å². The number of rotatable bonds is 5. The highest BCUT2D eigenvalue weighted by atomic mass is 16.5. The number of ether oxygens (including phenoxy) is 1. The monoisotopic (exact) mass is 400 g/mol. The largest absolute Gasteiger partial charge is 0.478 e. The third-order valence-corrected chi connectivity index (χ3v) is 5.01. The molecule has 1 heterocycles. The Balaban J connectivity index is 1.83. The van der Waals surface area contributed by atoms with E-state index in [1.54, 1.807) is 43.3 Å². The number of carbonyl (C=O) groups is 1. The molecule has 0 bridgehead atoms. The molecule has 4 aromatic rings. The van der Waals surface area contributed by atoms with Crippen molar-refractivity contribution in [2.24, 2.45) is 0 Å². The molecule has 0 fully saturated rings. The van der Waals surface area contributed by atoms with Gasteiger partial charge in [0.25, 0.3) is 0 Å². The van der Waals surface area contributed by atoms with Gasteiger partial charge in [0.15, 0.2) is 0 Å². The first-order chi connectivity index (χ1) is 14.4. The maximum absolute atomic E-state index is 12.3. The number of benzene rings is 3. The number of hydrogen-bond donors (Lipinski definition) is 1. The minimum Gasteiger partial charge on any atom is -0.478 e. The van der Waals surface area contributed by atoms with E-state index >= 15 is 0 Å². The first-order valence-electron chi connectivity index (χ1n) is 9.53. The molecule has 0 amide bonds. The molecule has 1 aromatic heterocycles. The summed E-state index contributed by atoms with van der Waals surface area (Å²) in [5.74, 6) is -0.751. The number of hydrogen-bond acceptors (Lipinski definition) is 4. The van der Waals surface area contributed by atoms with Crippen LogP contribution in [0.1, 0.15) is 22.8 Å². The van der Waals surface area contributed by atoms with Crippen molar-refractivity contribution in [1.82, 2.24) is 0 Å². The van der Waals surface area contributed by atoms with Crippen LogP contribution in [0.5, 0.6) is 5.75 Å². The lowest BCUT2D eigenvalue weighted by atomic mass is 9.99. The van der Waals surface area contributed by atoms with Gasteiger partial charge >= 0.3 is 11.6 Å². The Hall–Kier alpha value is -3.86. The van der Waals surface area contributed by atoms with E-state index in [1.165, 1.54) is 6.07 Å². The van der Waals surface area contributed by atoms with Crippen LogP contribution in [0.15, 0.2) is 82.0 Å². The van der Waals surface area contributed by atoms with Crippen LogP contribution >= 0.6 is 0 Å². The SMILES string of the molecule is Cc1cccc(-c2cc(=O)oc3c(C)c(OC(C(=O)O)c4ccccc4)ccc23)c1. The lowest BCUT2D eigenvalue weighted by Crippen LogP contribution is -2.18. The van der Waals surface area contributed by atoms with Crippen LogP contribution in [0.4, 0.5) is 0 Å². The van der Waals surface area contributed by atoms with E-state index in [0.29, 0.717) is 22.5 Å². The Morgan fingerprint density at radius 1 is 0.967 bits per heavy atom. The molecule has 3 aromatic carbocycles. The molecule has 0 aliphatic carbocycles. The summed E-state index contributed by atoms with van der Waals surface area (Å²) in [6.45, 7) is 3.74. The van der Waals surface area contributed by atoms with E-state index in [9.17, 15) is 14.7 Å². The molecule has 0 saturated heterocycles. The van der Waals surface area contributed by atoms with Crippen LogP contribution < -0.4 is 10.4 Å². The smallest absolute Gasteiger partial charge is 0.349 e. The first-order valence-corrected chi connectivity index (χ1v) is 9.53. The molecule has 5 heteroatoms. The van der Waals surface area contributed by atoms with Crippen LogP contribution in [-0.4, -0.2) is 11.1 Å². The summed E-state index contributed by atoms with van der Waals surface area (Å²) in [7, 11) is 0. The molecule has 0 aliphatic rings. The summed E-state index contributed by atoms with van der Waals surface area (Å²) in [6, 6.07) is 21.6. The van der Waals surface area contributed by atoms with Gasteiger partial charge in [0, 0.05) is 22.6 Å². The lowest BCUT2D eigenvalue weighted by molar-refractivity contribution is -0.145. The minimum absolute atomic E-state index is 0.350. The van der Waals surface area contributed by atoms with E-state index in [-0.39, 0.29) is 0 Å². The molecule has 0 radical (unpaired) electrons. The van der Waals surface area contributed by atoms with Gasteiger partial charge in [-0.25, -0.2) is 9.59 Å². The predicted molar refractivity (Wildman–Crippen MR) is 115 cm³/mol. The first kappa shape index (κ1) is 19.5. The van der Waals surface area contributed by atoms with E-state index in [2.05, 4.69) is 0 Å². The van der Waals surface area contributed by atoms with Gasteiger partial charge < -0.3 is 14.3 Å². The van der Waals surface area contributed by atoms with Crippen molar-refractivity contribution in [2.45, 2.75) is 20.0 Å². The molecule has 0 aliphatic heterocycles. The zero-order valence-corrected chi connectivity index (χ0v) is 16.6. The third kappa shape index (κ3) is 3.70. The van der Waals surface area contributed by atoms with E-state index in [1.807, 2.05) is 37.3 Å². The highest BCUT2D eigenvalue weighted by molar-refractivity contribution is 5.95. The zero-order chi connectivity index (χ0) is 21.3. The zero-order valence-electron chi connectivity index (χ0n) is 16.6. The second-order valence-corrected chi connectivity index (χ2v) is 7.16. The van der Waals surface area contributed by atoms with Crippen LogP contribution in [0.25, 0.3) is 22.1 Å². The van der Waals surface area contributed by atoms with E-state index in [4.69, 9.17) is 9.15 Å². The summed E-state index contributed by atoms with van der Waals surface area (Å²) in [5, 5.41) is 10.4. The van der Waals surface area contributed by atoms with Crippen LogP contribution in [0.3, 0.4) is 0 Å². The fraction of sp³-hybridized carbons (Fsp3) is 0.120. The molecule has 4 rings (SSSR count). The molecule has 0 saturated carbocycles. The van der Waals surface area contributed by atoms with Gasteiger partial charge in [-0.15, -0.1) is 0 Å². The average Bonchev–Trinajstić information content (AvgIpc) is 2.73. The van der Waals surface area contributed by atoms with Gasteiger partial charge in [0.2, 0.25) is 6.10 Å². The fourth-order valence-corrected chi connectivity index (χ4v) is 3.54. The van der Waals surface area contributed by atoms with Crippen molar-refractivity contribution >= 4 is 16.9 Å². The standard InChI is InChI=1S/C25H20O5/c1-15-7-6-10-18(13-15)20-14-22(26)30-23-16(2)21(12-11-19(20)23)29-24(25(27)28)17-8-4-3-5-9-17/h3-14,24H,1-2H3,(H,27,28). The Kier molecular flexibility index (Phi) is 5.11. The Bertz CT molecular complexity index is 1290. The number of aryl methyl sites for hydroxylation is 2. The van der Waals surface area contributed by atoms with Crippen molar-refractivity contribution < 1.29 is 19.1 Å². The molecule has 0 spiro atoms. The van der Waals surface area contributed by atoms with Gasteiger partial charge in [0.1, 0.15) is 11.3 Å². The summed E-state index contributed by atoms with van der Waals surface area (Å²) >= 11 is 0. The quantitative estimate of drug-likeness (QED) is 0.461. The van der Waals surface area contributed by atoms with Gasteiger partial charge in [0.05, 0.1) is 0 Å². The molecule has 150 valence electrons. The second kappa shape index (κ2) is 7.87. The normalized spacial score (nSPS) is 11.9. The highest BCUT2D eigenvalue weighted by Gasteiger charge is 2.23. The van der Waals surface area contributed by atoms with Crippen LogP contribution in [-0.2, 0) is 4.79 Å². The van der Waals surface area contributed by atoms with Gasteiger partial charge in [-0.3, -0.25) is 0 Å². The predicted octanol–water partition coefficient (Wildman–Crippen LogP) is 5.28. The molecular formula is C25H20O5. The van der Waals surface area contributed by atoms with Gasteiger partial charge in [-0.05, 0) is 37.1 Å². The van der Waals surface area contributed by atoms with Gasteiger partial charge in [-0.2, -0.15) is 0 Å². The Labute approximate surface area is 173 Å². The van der Waals surface area contributed by atoms with Crippen molar-refractivity contribution in [2.75, 3.05) is 0 Å². The molecule has 5 nitrogen and oxygen atoms in total. The summed E-state index contributed by atoms with van der Waals surface area (Å²) < 4.78 is 11.3. The Morgan fingerprint density at radius 2 is 1.73 bits per heavy atom. The maximum Gasteiger partial charge on any atom is 0.349 e. The topological polar surface area (TPSA) is 76.7 Å². The number of aliphatic carboxylic acids is 1. The molecule has 1 N–H and O–H groups in total. The van der Waals surface area contributed by atoms with Crippen molar-refractivity contribution in [3.05, 3.63) is 99.9 Å². The number of fused-ring (bicyclic) bond motifs is 1. The Morgan fingerprint density at radius 3 is 2.43 bits per heavy atom. The third-order valence-electron chi connectivity index (χ3n) is 5.01. The molecular weight excluding hydrogens is 380 g/mol. The maximum atomic E-state index is 12.3. The minimum atomic E-state index is -1.17. The number of carboxylic acid groups (broad SMARTS) is 1.